The quantitative estimate of drug-likeness (QED) is 0.594. The maximum Gasteiger partial charge on any atom is 0.0109 e. The zero-order chi connectivity index (χ0) is 8.85. The molecule has 0 saturated heterocycles. The number of rotatable bonds is 5. The molecule has 0 heterocycles. The minimum atomic E-state index is 0.667. The Balaban J connectivity index is 3.37. The highest BCUT2D eigenvalue weighted by atomic mass is 15.2. The van der Waals surface area contributed by atoms with Crippen LogP contribution in [0, 0.1) is 0 Å². The maximum atomic E-state index is 2.37. The minimum absolute atomic E-state index is 0.667. The highest BCUT2D eigenvalue weighted by Gasteiger charge is 2.02. The molecule has 0 unspecified atom stereocenters. The smallest absolute Gasteiger partial charge is 0.0109 e. The van der Waals surface area contributed by atoms with Crippen molar-refractivity contribution in [1.29, 1.82) is 0 Å². The van der Waals surface area contributed by atoms with Crippen molar-refractivity contribution in [3.63, 3.8) is 0 Å². The lowest BCUT2D eigenvalue weighted by Gasteiger charge is -2.23. The molecule has 0 fully saturated rings. The molecule has 0 aromatic carbocycles. The molecule has 0 aromatic heterocycles. The van der Waals surface area contributed by atoms with Gasteiger partial charge in [0.25, 0.3) is 0 Å². The van der Waals surface area contributed by atoms with E-state index in [4.69, 9.17) is 0 Å². The molecule has 0 aliphatic carbocycles. The van der Waals surface area contributed by atoms with Crippen molar-refractivity contribution in [1.82, 2.24) is 9.80 Å². The molecule has 0 N–H and O–H groups in total. The number of hydrogen-bond acceptors (Lipinski definition) is 2. The Morgan fingerprint density at radius 1 is 1.09 bits per heavy atom. The summed E-state index contributed by atoms with van der Waals surface area (Å²) >= 11 is 0. The first kappa shape index (κ1) is 10.9. The fourth-order valence-corrected chi connectivity index (χ4v) is 0.745. The lowest BCUT2D eigenvalue weighted by molar-refractivity contribution is 0.229. The second-order valence-electron chi connectivity index (χ2n) is 3.47. The van der Waals surface area contributed by atoms with Crippen LogP contribution in [0.3, 0.4) is 0 Å². The van der Waals surface area contributed by atoms with E-state index in [1.807, 2.05) is 0 Å². The summed E-state index contributed by atoms with van der Waals surface area (Å²) in [6, 6.07) is 0.667. The normalized spacial score (nSPS) is 12.0. The Labute approximate surface area is 71.2 Å². The fraction of sp³-hybridized carbons (Fsp3) is 1.00. The van der Waals surface area contributed by atoms with Gasteiger partial charge < -0.3 is 9.80 Å². The van der Waals surface area contributed by atoms with Gasteiger partial charge in [0, 0.05) is 19.1 Å². The largest absolute Gasteiger partial charge is 0.305 e. The van der Waals surface area contributed by atoms with Crippen LogP contribution in [-0.2, 0) is 0 Å². The summed E-state index contributed by atoms with van der Waals surface area (Å²) in [6.45, 7) is 10.1. The molecule has 0 amide bonds. The van der Waals surface area contributed by atoms with Crippen LogP contribution >= 0.6 is 0 Å². The van der Waals surface area contributed by atoms with Gasteiger partial charge in [0.05, 0.1) is 0 Å². The first-order chi connectivity index (χ1) is 5.07. The fourth-order valence-electron chi connectivity index (χ4n) is 0.745. The van der Waals surface area contributed by atoms with Crippen molar-refractivity contribution in [3.05, 3.63) is 0 Å². The van der Waals surface area contributed by atoms with E-state index < -0.39 is 0 Å². The van der Waals surface area contributed by atoms with E-state index in [0.29, 0.717) is 6.04 Å². The third-order valence-electron chi connectivity index (χ3n) is 2.26. The highest BCUT2D eigenvalue weighted by molar-refractivity contribution is 4.58. The second-order valence-corrected chi connectivity index (χ2v) is 3.47. The van der Waals surface area contributed by atoms with Gasteiger partial charge in [-0.1, -0.05) is 6.92 Å². The Hall–Kier alpha value is -0.0800. The average Bonchev–Trinajstić information content (AvgIpc) is 1.99. The summed E-state index contributed by atoms with van der Waals surface area (Å²) in [4.78, 5) is 4.70. The summed E-state index contributed by atoms with van der Waals surface area (Å²) in [5.41, 5.74) is 0. The first-order valence-corrected chi connectivity index (χ1v) is 4.46. The molecule has 11 heavy (non-hydrogen) atoms. The zero-order valence-electron chi connectivity index (χ0n) is 8.59. The van der Waals surface area contributed by atoms with E-state index in [9.17, 15) is 0 Å². The average molecular weight is 158 g/mol. The lowest BCUT2D eigenvalue weighted by atomic mass is 10.3. The molecular formula is C9H22N2. The first-order valence-electron chi connectivity index (χ1n) is 4.46. The lowest BCUT2D eigenvalue weighted by Crippen LogP contribution is -2.34. The summed E-state index contributed by atoms with van der Waals surface area (Å²) in [6.07, 6.45) is 0. The third kappa shape index (κ3) is 5.22. The van der Waals surface area contributed by atoms with Crippen LogP contribution in [0.1, 0.15) is 20.8 Å². The van der Waals surface area contributed by atoms with Gasteiger partial charge in [-0.3, -0.25) is 0 Å². The van der Waals surface area contributed by atoms with Crippen LogP contribution in [0.15, 0.2) is 0 Å². The van der Waals surface area contributed by atoms with Gasteiger partial charge >= 0.3 is 0 Å². The van der Waals surface area contributed by atoms with Crippen LogP contribution in [0.2, 0.25) is 0 Å². The molecule has 0 rings (SSSR count). The molecule has 68 valence electrons. The van der Waals surface area contributed by atoms with Crippen LogP contribution in [0.25, 0.3) is 0 Å². The molecule has 0 aliphatic rings. The van der Waals surface area contributed by atoms with Crippen molar-refractivity contribution < 1.29 is 0 Å². The minimum Gasteiger partial charge on any atom is -0.305 e. The molecule has 0 saturated carbocycles. The van der Waals surface area contributed by atoms with E-state index in [1.54, 1.807) is 0 Å². The van der Waals surface area contributed by atoms with Gasteiger partial charge in [-0.15, -0.1) is 0 Å². The summed E-state index contributed by atoms with van der Waals surface area (Å²) in [5, 5.41) is 0. The van der Waals surface area contributed by atoms with Crippen molar-refractivity contribution >= 4 is 0 Å². The Morgan fingerprint density at radius 3 is 2.00 bits per heavy atom. The summed E-state index contributed by atoms with van der Waals surface area (Å²) in [5.74, 6) is 0. The summed E-state index contributed by atoms with van der Waals surface area (Å²) < 4.78 is 0. The second kappa shape index (κ2) is 5.56. The summed E-state index contributed by atoms with van der Waals surface area (Å²) in [7, 11) is 4.34. The predicted molar refractivity (Wildman–Crippen MR) is 50.9 cm³/mol. The van der Waals surface area contributed by atoms with Crippen LogP contribution in [0.4, 0.5) is 0 Å². The van der Waals surface area contributed by atoms with Crippen molar-refractivity contribution in [2.75, 3.05) is 33.7 Å². The molecule has 0 spiro atoms. The van der Waals surface area contributed by atoms with Gasteiger partial charge in [-0.05, 0) is 34.5 Å². The number of hydrogen-bond donors (Lipinski definition) is 0. The monoisotopic (exact) mass is 158 g/mol. The van der Waals surface area contributed by atoms with E-state index in [2.05, 4.69) is 44.7 Å². The van der Waals surface area contributed by atoms with E-state index in [0.717, 1.165) is 6.54 Å². The third-order valence-corrected chi connectivity index (χ3v) is 2.26. The molecule has 0 aromatic rings. The molecule has 0 aliphatic heterocycles. The van der Waals surface area contributed by atoms with Gasteiger partial charge in [0.15, 0.2) is 0 Å². The SMILES string of the molecule is CCN(C)CCN(C)C(C)C. The zero-order valence-corrected chi connectivity index (χ0v) is 8.59. The molecule has 0 radical (unpaired) electrons. The van der Waals surface area contributed by atoms with Gasteiger partial charge in [-0.2, -0.15) is 0 Å². The Morgan fingerprint density at radius 2 is 1.64 bits per heavy atom. The van der Waals surface area contributed by atoms with Crippen molar-refractivity contribution in [2.45, 2.75) is 26.8 Å². The Bertz CT molecular complexity index is 91.6. The highest BCUT2D eigenvalue weighted by Crippen LogP contribution is 1.92. The van der Waals surface area contributed by atoms with Crippen LogP contribution < -0.4 is 0 Å². The Kier molecular flexibility index (Phi) is 5.51. The molecule has 0 bridgehead atoms. The number of nitrogens with zero attached hydrogens (tertiary/aromatic N) is 2. The maximum absolute atomic E-state index is 2.37. The van der Waals surface area contributed by atoms with Crippen LogP contribution in [-0.4, -0.2) is 49.6 Å². The standard InChI is InChI=1S/C9H22N2/c1-6-10(4)7-8-11(5)9(2)3/h9H,6-8H2,1-5H3. The predicted octanol–water partition coefficient (Wildman–Crippen LogP) is 1.28. The van der Waals surface area contributed by atoms with E-state index >= 15 is 0 Å². The molecule has 2 nitrogen and oxygen atoms in total. The molecule has 2 heteroatoms. The van der Waals surface area contributed by atoms with E-state index in [-0.39, 0.29) is 0 Å². The number of likely N-dealkylation sites (N-methyl/N-ethyl adjacent to an activating group) is 2. The van der Waals surface area contributed by atoms with Crippen LogP contribution in [0.5, 0.6) is 0 Å². The van der Waals surface area contributed by atoms with Gasteiger partial charge in [0.1, 0.15) is 0 Å². The van der Waals surface area contributed by atoms with Crippen molar-refractivity contribution in [2.24, 2.45) is 0 Å². The van der Waals surface area contributed by atoms with E-state index in [1.165, 1.54) is 13.1 Å². The molecule has 0 atom stereocenters. The van der Waals surface area contributed by atoms with Crippen molar-refractivity contribution in [3.8, 4) is 0 Å². The van der Waals surface area contributed by atoms with Gasteiger partial charge in [0.2, 0.25) is 0 Å². The topological polar surface area (TPSA) is 6.48 Å². The molecular weight excluding hydrogens is 136 g/mol. The van der Waals surface area contributed by atoms with Gasteiger partial charge in [-0.25, -0.2) is 0 Å².